The van der Waals surface area contributed by atoms with E-state index >= 15 is 0 Å². The zero-order valence-corrected chi connectivity index (χ0v) is 20.1. The topological polar surface area (TPSA) is 101 Å². The van der Waals surface area contributed by atoms with Gasteiger partial charge in [0.05, 0.1) is 31.6 Å². The van der Waals surface area contributed by atoms with E-state index in [2.05, 4.69) is 0 Å². The molecule has 0 radical (unpaired) electrons. The molecule has 0 atom stereocenters. The van der Waals surface area contributed by atoms with Crippen LogP contribution >= 0.6 is 22.9 Å². The zero-order valence-electron chi connectivity index (χ0n) is 18.5. The molecule has 0 spiro atoms. The van der Waals surface area contributed by atoms with Crippen molar-refractivity contribution in [3.05, 3.63) is 68.2 Å². The number of ether oxygens (including phenoxy) is 3. The number of carbonyl (C=O) groups is 1. The Hall–Kier alpha value is -3.17. The lowest BCUT2D eigenvalue weighted by Gasteiger charge is -2.23. The molecule has 8 nitrogen and oxygen atoms in total. The van der Waals surface area contributed by atoms with Crippen molar-refractivity contribution in [2.45, 2.75) is 51.7 Å². The molecule has 1 aliphatic rings. The number of rotatable bonds is 7. The molecule has 178 valence electrons. The number of pyridine rings is 1. The number of nitro benzene ring substituents is 1. The van der Waals surface area contributed by atoms with Gasteiger partial charge in [-0.2, -0.15) is 0 Å². The van der Waals surface area contributed by atoms with Crippen molar-refractivity contribution in [2.75, 3.05) is 0 Å². The molecule has 0 amide bonds. The van der Waals surface area contributed by atoms with Crippen LogP contribution in [0.1, 0.15) is 43.4 Å². The van der Waals surface area contributed by atoms with Crippen LogP contribution in [0.25, 0.3) is 10.6 Å². The van der Waals surface area contributed by atoms with Gasteiger partial charge in [0.1, 0.15) is 18.1 Å². The summed E-state index contributed by atoms with van der Waals surface area (Å²) in [5.74, 6) is 0.924. The average molecular weight is 503 g/mol. The number of aryl methyl sites for hydroxylation is 1. The van der Waals surface area contributed by atoms with E-state index in [-0.39, 0.29) is 24.1 Å². The Kier molecular flexibility index (Phi) is 7.64. The monoisotopic (exact) mass is 502 g/mol. The van der Waals surface area contributed by atoms with E-state index in [1.165, 1.54) is 54.9 Å². The van der Waals surface area contributed by atoms with Crippen LogP contribution in [0, 0.1) is 17.0 Å². The SMILES string of the molecule is Cc1nc(-c2sc(Cl)cc2COC(=O)Oc2ccc([N+](=O)[O-])cc2)ccc1OC1CCCCC1. The predicted octanol–water partition coefficient (Wildman–Crippen LogP) is 7.11. The molecule has 2 heterocycles. The van der Waals surface area contributed by atoms with E-state index in [0.29, 0.717) is 15.6 Å². The summed E-state index contributed by atoms with van der Waals surface area (Å²) in [5, 5.41) is 10.7. The first-order valence-corrected chi connectivity index (χ1v) is 12.1. The second kappa shape index (κ2) is 10.8. The highest BCUT2D eigenvalue weighted by Crippen LogP contribution is 2.36. The van der Waals surface area contributed by atoms with Crippen LogP contribution in [-0.2, 0) is 11.3 Å². The standard InChI is InChI=1S/C24H23ClN2O6S/c1-15-21(32-18-5-3-2-4-6-18)12-11-20(26-15)23-16(13-22(25)34-23)14-31-24(28)33-19-9-7-17(8-10-19)27(29)30/h7-13,18H,2-6,14H2,1H3. The molecule has 0 aliphatic heterocycles. The normalized spacial score (nSPS) is 13.9. The molecule has 10 heteroatoms. The van der Waals surface area contributed by atoms with E-state index in [0.717, 1.165) is 29.2 Å². The summed E-state index contributed by atoms with van der Waals surface area (Å²) >= 11 is 7.58. The molecule has 1 fully saturated rings. The summed E-state index contributed by atoms with van der Waals surface area (Å²) in [5.41, 5.74) is 2.10. The smallest absolute Gasteiger partial charge is 0.489 e. The van der Waals surface area contributed by atoms with Gasteiger partial charge in [0, 0.05) is 17.7 Å². The summed E-state index contributed by atoms with van der Waals surface area (Å²) in [6, 6.07) is 10.7. The maximum atomic E-state index is 12.1. The molecule has 1 aromatic carbocycles. The van der Waals surface area contributed by atoms with Crippen LogP contribution in [0.2, 0.25) is 4.34 Å². The van der Waals surface area contributed by atoms with E-state index in [1.54, 1.807) is 6.07 Å². The van der Waals surface area contributed by atoms with Crippen LogP contribution in [0.5, 0.6) is 11.5 Å². The van der Waals surface area contributed by atoms with Crippen LogP contribution in [0.15, 0.2) is 42.5 Å². The van der Waals surface area contributed by atoms with Crippen LogP contribution in [0.3, 0.4) is 0 Å². The van der Waals surface area contributed by atoms with Crippen molar-refractivity contribution in [2.24, 2.45) is 0 Å². The first kappa shape index (κ1) is 24.0. The summed E-state index contributed by atoms with van der Waals surface area (Å²) in [6.45, 7) is 1.85. The Balaban J connectivity index is 1.40. The number of thiophene rings is 1. The van der Waals surface area contributed by atoms with Gasteiger partial charge < -0.3 is 14.2 Å². The zero-order chi connectivity index (χ0) is 24.1. The maximum Gasteiger partial charge on any atom is 0.514 e. The van der Waals surface area contributed by atoms with Crippen molar-refractivity contribution in [3.8, 4) is 22.1 Å². The van der Waals surface area contributed by atoms with Crippen molar-refractivity contribution >= 4 is 34.8 Å². The predicted molar refractivity (Wildman–Crippen MR) is 129 cm³/mol. The largest absolute Gasteiger partial charge is 0.514 e. The summed E-state index contributed by atoms with van der Waals surface area (Å²) in [4.78, 5) is 27.8. The highest BCUT2D eigenvalue weighted by atomic mass is 35.5. The highest BCUT2D eigenvalue weighted by molar-refractivity contribution is 7.19. The van der Waals surface area contributed by atoms with Crippen LogP contribution < -0.4 is 9.47 Å². The molecule has 4 rings (SSSR count). The number of nitrogens with zero attached hydrogens (tertiary/aromatic N) is 2. The van der Waals surface area contributed by atoms with Gasteiger partial charge in [-0.3, -0.25) is 10.1 Å². The average Bonchev–Trinajstić information content (AvgIpc) is 3.20. The quantitative estimate of drug-likeness (QED) is 0.147. The summed E-state index contributed by atoms with van der Waals surface area (Å²) < 4.78 is 17.0. The number of hydrogen-bond acceptors (Lipinski definition) is 8. The van der Waals surface area contributed by atoms with Gasteiger partial charge >= 0.3 is 6.16 Å². The molecule has 2 aromatic heterocycles. The van der Waals surface area contributed by atoms with Gasteiger partial charge in [0.25, 0.3) is 5.69 Å². The third-order valence-corrected chi connectivity index (χ3v) is 6.82. The second-order valence-electron chi connectivity index (χ2n) is 7.95. The lowest BCUT2D eigenvalue weighted by Crippen LogP contribution is -2.20. The molecule has 0 N–H and O–H groups in total. The van der Waals surface area contributed by atoms with Crippen LogP contribution in [0.4, 0.5) is 10.5 Å². The number of hydrogen-bond donors (Lipinski definition) is 0. The molecule has 0 unspecified atom stereocenters. The molecule has 3 aromatic rings. The molecule has 1 saturated carbocycles. The van der Waals surface area contributed by atoms with Crippen molar-refractivity contribution in [1.82, 2.24) is 4.98 Å². The Bertz CT molecular complexity index is 1170. The first-order chi connectivity index (χ1) is 16.4. The van der Waals surface area contributed by atoms with E-state index < -0.39 is 11.1 Å². The minimum absolute atomic E-state index is 0.0641. The third kappa shape index (κ3) is 6.03. The van der Waals surface area contributed by atoms with Gasteiger partial charge in [-0.05, 0) is 62.9 Å². The molecule has 0 saturated heterocycles. The Labute approximate surface area is 205 Å². The first-order valence-electron chi connectivity index (χ1n) is 10.9. The molecular weight excluding hydrogens is 480 g/mol. The van der Waals surface area contributed by atoms with E-state index in [9.17, 15) is 14.9 Å². The van der Waals surface area contributed by atoms with Gasteiger partial charge in [-0.25, -0.2) is 9.78 Å². The van der Waals surface area contributed by atoms with Gasteiger partial charge in [-0.1, -0.05) is 18.0 Å². The van der Waals surface area contributed by atoms with E-state index in [1.807, 2.05) is 19.1 Å². The minimum atomic E-state index is -0.928. The number of nitro groups is 1. The summed E-state index contributed by atoms with van der Waals surface area (Å²) in [6.07, 6.45) is 5.10. The number of benzene rings is 1. The Morgan fingerprint density at radius 3 is 2.59 bits per heavy atom. The molecular formula is C24H23ClN2O6S. The van der Waals surface area contributed by atoms with Gasteiger partial charge in [-0.15, -0.1) is 11.3 Å². The number of non-ortho nitro benzene ring substituents is 1. The lowest BCUT2D eigenvalue weighted by atomic mass is 9.98. The number of halogens is 1. The second-order valence-corrected chi connectivity index (χ2v) is 9.64. The maximum absolute atomic E-state index is 12.1. The highest BCUT2D eigenvalue weighted by Gasteiger charge is 2.19. The number of carbonyl (C=O) groups excluding carboxylic acids is 1. The van der Waals surface area contributed by atoms with Crippen molar-refractivity contribution in [1.29, 1.82) is 0 Å². The third-order valence-electron chi connectivity index (χ3n) is 5.49. The lowest BCUT2D eigenvalue weighted by molar-refractivity contribution is -0.384. The fraction of sp³-hybridized carbons (Fsp3) is 0.333. The molecule has 1 aliphatic carbocycles. The van der Waals surface area contributed by atoms with E-state index in [4.69, 9.17) is 30.8 Å². The van der Waals surface area contributed by atoms with Gasteiger partial charge in [0.15, 0.2) is 0 Å². The molecule has 0 bridgehead atoms. The number of aromatic nitrogens is 1. The van der Waals surface area contributed by atoms with Crippen molar-refractivity contribution < 1.29 is 23.9 Å². The minimum Gasteiger partial charge on any atom is -0.489 e. The Morgan fingerprint density at radius 1 is 1.18 bits per heavy atom. The van der Waals surface area contributed by atoms with Crippen molar-refractivity contribution in [3.63, 3.8) is 0 Å². The fourth-order valence-electron chi connectivity index (χ4n) is 3.78. The fourth-order valence-corrected chi connectivity index (χ4v) is 5.01. The van der Waals surface area contributed by atoms with Gasteiger partial charge in [0.2, 0.25) is 0 Å². The molecule has 34 heavy (non-hydrogen) atoms. The Morgan fingerprint density at radius 2 is 1.91 bits per heavy atom. The summed E-state index contributed by atoms with van der Waals surface area (Å²) in [7, 11) is 0. The van der Waals surface area contributed by atoms with Crippen LogP contribution in [-0.4, -0.2) is 22.2 Å².